The van der Waals surface area contributed by atoms with Gasteiger partial charge in [0.05, 0.1) is 6.61 Å². The molecule has 2 heterocycles. The average Bonchev–Trinajstić information content (AvgIpc) is 2.31. The number of alkyl halides is 1. The molecule has 0 saturated carbocycles. The highest BCUT2D eigenvalue weighted by Crippen LogP contribution is 2.36. The lowest BCUT2D eigenvalue weighted by atomic mass is 9.92. The summed E-state index contributed by atoms with van der Waals surface area (Å²) in [6.07, 6.45) is -5.45. The zero-order valence-electron chi connectivity index (χ0n) is 9.88. The van der Waals surface area contributed by atoms with Crippen LogP contribution in [0.2, 0.25) is 0 Å². The van der Waals surface area contributed by atoms with Gasteiger partial charge in [-0.2, -0.15) is 0 Å². The number of hydrogen-bond acceptors (Lipinski definition) is 6. The van der Waals surface area contributed by atoms with E-state index < -0.39 is 47.6 Å². The molecular weight excluding hydrogens is 263 g/mol. The zero-order valence-corrected chi connectivity index (χ0v) is 9.88. The molecule has 19 heavy (non-hydrogen) atoms. The molecule has 8 nitrogen and oxygen atoms in total. The summed E-state index contributed by atoms with van der Waals surface area (Å²) in [5.41, 5.74) is -2.70. The fraction of sp³-hybridized carbons (Fsp3) is 0.600. The van der Waals surface area contributed by atoms with Crippen molar-refractivity contribution in [3.8, 4) is 0 Å². The monoisotopic (exact) mass is 276 g/mol. The molecule has 0 aliphatic carbocycles. The van der Waals surface area contributed by atoms with Gasteiger partial charge in [-0.25, -0.2) is 9.18 Å². The summed E-state index contributed by atoms with van der Waals surface area (Å²) in [6, 6.07) is 0. The molecule has 0 radical (unpaired) electrons. The van der Waals surface area contributed by atoms with Crippen molar-refractivity contribution >= 4 is 0 Å². The maximum absolute atomic E-state index is 14.7. The van der Waals surface area contributed by atoms with Crippen molar-refractivity contribution in [3.63, 3.8) is 0 Å². The van der Waals surface area contributed by atoms with Gasteiger partial charge < -0.3 is 25.0 Å². The lowest BCUT2D eigenvalue weighted by Gasteiger charge is -2.39. The normalized spacial score (nSPS) is 35.3. The second kappa shape index (κ2) is 4.53. The number of aliphatic hydroxyl groups excluding tert-OH is 3. The number of hydrogen-bond donors (Lipinski definition) is 5. The Morgan fingerprint density at radius 2 is 1.95 bits per heavy atom. The number of nitrogens with one attached hydrogen (secondary N) is 2. The van der Waals surface area contributed by atoms with E-state index in [4.69, 9.17) is 0 Å². The number of H-pyrrole nitrogens is 2. The number of aliphatic hydroxyl groups is 3. The number of aromatic amines is 2. The SMILES string of the molecule is Cc1[nH]c(=O)[nH]c(=O)c1C1(F)OC[C@@H](O)[C@@H](O)[C@@H]1O. The van der Waals surface area contributed by atoms with Crippen molar-refractivity contribution in [3.05, 3.63) is 32.1 Å². The Morgan fingerprint density at radius 1 is 1.32 bits per heavy atom. The highest BCUT2D eigenvalue weighted by molar-refractivity contribution is 5.23. The molecule has 2 rings (SSSR count). The summed E-state index contributed by atoms with van der Waals surface area (Å²) in [6.45, 7) is 0.646. The van der Waals surface area contributed by atoms with Gasteiger partial charge in [0, 0.05) is 5.69 Å². The Kier molecular flexibility index (Phi) is 3.31. The molecule has 0 bridgehead atoms. The average molecular weight is 276 g/mol. The quantitative estimate of drug-likeness (QED) is 0.388. The first-order chi connectivity index (χ1) is 8.77. The largest absolute Gasteiger partial charge is 0.388 e. The standard InChI is InChI=1S/C10H13FN2O6/c1-3-5(8(17)13-9(18)12-3)10(11)7(16)6(15)4(14)2-19-10/h4,6-7,14-16H,2H2,1H3,(H2,12,13,17,18)/t4-,6-,7+,10?/m1/s1. The van der Waals surface area contributed by atoms with Crippen molar-refractivity contribution in [2.24, 2.45) is 0 Å². The van der Waals surface area contributed by atoms with E-state index in [2.05, 4.69) is 9.72 Å². The van der Waals surface area contributed by atoms with Gasteiger partial charge in [-0.15, -0.1) is 0 Å². The van der Waals surface area contributed by atoms with Crippen LogP contribution in [0.15, 0.2) is 9.59 Å². The van der Waals surface area contributed by atoms with Crippen LogP contribution >= 0.6 is 0 Å². The van der Waals surface area contributed by atoms with Gasteiger partial charge in [0.15, 0.2) is 0 Å². The summed E-state index contributed by atoms with van der Waals surface area (Å²) < 4.78 is 19.4. The van der Waals surface area contributed by atoms with Crippen LogP contribution in [-0.2, 0) is 10.6 Å². The second-order valence-electron chi connectivity index (χ2n) is 4.37. The molecule has 0 spiro atoms. The molecule has 1 aliphatic heterocycles. The third-order valence-electron chi connectivity index (χ3n) is 3.03. The molecule has 5 N–H and O–H groups in total. The molecule has 1 fully saturated rings. The highest BCUT2D eigenvalue weighted by atomic mass is 19.2. The minimum atomic E-state index is -3.01. The summed E-state index contributed by atoms with van der Waals surface area (Å²) >= 11 is 0. The smallest absolute Gasteiger partial charge is 0.325 e. The molecule has 1 aromatic heterocycles. The molecule has 1 unspecified atom stereocenters. The van der Waals surface area contributed by atoms with E-state index >= 15 is 0 Å². The highest BCUT2D eigenvalue weighted by Gasteiger charge is 2.53. The Morgan fingerprint density at radius 3 is 2.53 bits per heavy atom. The van der Waals surface area contributed by atoms with Crippen molar-refractivity contribution in [1.82, 2.24) is 9.97 Å². The fourth-order valence-electron chi connectivity index (χ4n) is 2.05. The topological polar surface area (TPSA) is 136 Å². The number of aromatic nitrogens is 2. The number of aryl methyl sites for hydroxylation is 1. The minimum Gasteiger partial charge on any atom is -0.388 e. The van der Waals surface area contributed by atoms with Gasteiger partial charge >= 0.3 is 5.69 Å². The third-order valence-corrected chi connectivity index (χ3v) is 3.03. The molecular formula is C10H13FN2O6. The predicted octanol–water partition coefficient (Wildman–Crippen LogP) is -2.39. The summed E-state index contributed by atoms with van der Waals surface area (Å²) in [5, 5.41) is 28.4. The summed E-state index contributed by atoms with van der Waals surface area (Å²) in [5.74, 6) is -3.01. The van der Waals surface area contributed by atoms with Crippen LogP contribution in [0.1, 0.15) is 11.3 Å². The maximum Gasteiger partial charge on any atom is 0.325 e. The third kappa shape index (κ3) is 2.10. The van der Waals surface area contributed by atoms with E-state index in [0.717, 1.165) is 0 Å². The Hall–Kier alpha value is -1.55. The van der Waals surface area contributed by atoms with Crippen LogP contribution in [0.4, 0.5) is 4.39 Å². The molecule has 0 aromatic carbocycles. The number of ether oxygens (including phenoxy) is 1. The van der Waals surface area contributed by atoms with Crippen LogP contribution in [0, 0.1) is 6.92 Å². The van der Waals surface area contributed by atoms with E-state index in [1.54, 1.807) is 4.98 Å². The predicted molar refractivity (Wildman–Crippen MR) is 59.2 cm³/mol. The van der Waals surface area contributed by atoms with Crippen molar-refractivity contribution in [2.45, 2.75) is 31.1 Å². The van der Waals surface area contributed by atoms with E-state index in [9.17, 15) is 29.3 Å². The maximum atomic E-state index is 14.7. The van der Waals surface area contributed by atoms with E-state index in [-0.39, 0.29) is 5.69 Å². The lowest BCUT2D eigenvalue weighted by molar-refractivity contribution is -0.296. The second-order valence-corrected chi connectivity index (χ2v) is 4.37. The van der Waals surface area contributed by atoms with Crippen LogP contribution in [0.5, 0.6) is 0 Å². The lowest BCUT2D eigenvalue weighted by Crippen LogP contribution is -2.58. The van der Waals surface area contributed by atoms with Gasteiger partial charge in [0.1, 0.15) is 23.9 Å². The first kappa shape index (κ1) is 13.9. The first-order valence-corrected chi connectivity index (χ1v) is 5.48. The molecule has 106 valence electrons. The van der Waals surface area contributed by atoms with Crippen molar-refractivity contribution in [1.29, 1.82) is 0 Å². The zero-order chi connectivity index (χ0) is 14.4. The molecule has 9 heteroatoms. The fourth-order valence-corrected chi connectivity index (χ4v) is 2.05. The van der Waals surface area contributed by atoms with E-state index in [1.807, 2.05) is 0 Å². The Balaban J connectivity index is 2.57. The van der Waals surface area contributed by atoms with Gasteiger partial charge in [-0.05, 0) is 6.92 Å². The van der Waals surface area contributed by atoms with E-state index in [0.29, 0.717) is 0 Å². The molecule has 1 aromatic rings. The van der Waals surface area contributed by atoms with Gasteiger partial charge in [-0.3, -0.25) is 9.78 Å². The van der Waals surface area contributed by atoms with Crippen molar-refractivity contribution < 1.29 is 24.4 Å². The molecule has 0 amide bonds. The van der Waals surface area contributed by atoms with Crippen LogP contribution in [0.3, 0.4) is 0 Å². The van der Waals surface area contributed by atoms with Gasteiger partial charge in [-0.1, -0.05) is 0 Å². The molecule has 1 aliphatic rings. The summed E-state index contributed by atoms with van der Waals surface area (Å²) in [4.78, 5) is 26.6. The van der Waals surface area contributed by atoms with Gasteiger partial charge in [0.2, 0.25) is 0 Å². The van der Waals surface area contributed by atoms with Crippen LogP contribution in [0.25, 0.3) is 0 Å². The minimum absolute atomic E-state index is 0.140. The number of halogens is 1. The van der Waals surface area contributed by atoms with Crippen LogP contribution < -0.4 is 11.2 Å². The molecule has 4 atom stereocenters. The Labute approximate surface area is 105 Å². The van der Waals surface area contributed by atoms with Crippen molar-refractivity contribution in [2.75, 3.05) is 6.61 Å². The first-order valence-electron chi connectivity index (χ1n) is 5.48. The van der Waals surface area contributed by atoms with Crippen LogP contribution in [-0.4, -0.2) is 50.2 Å². The summed E-state index contributed by atoms with van der Waals surface area (Å²) in [7, 11) is 0. The van der Waals surface area contributed by atoms with Gasteiger partial charge in [0.25, 0.3) is 11.4 Å². The number of rotatable bonds is 1. The molecule has 1 saturated heterocycles. The Bertz CT molecular complexity index is 598. The van der Waals surface area contributed by atoms with E-state index in [1.165, 1.54) is 6.92 Å².